The fourth-order valence-electron chi connectivity index (χ4n) is 2.41. The monoisotopic (exact) mass is 214 g/mol. The molecule has 0 radical (unpaired) electrons. The van der Waals surface area contributed by atoms with Gasteiger partial charge in [-0.05, 0) is 38.3 Å². The van der Waals surface area contributed by atoms with Gasteiger partial charge in [-0.25, -0.2) is 0 Å². The van der Waals surface area contributed by atoms with Gasteiger partial charge in [0.1, 0.15) is 6.04 Å². The molecule has 0 amide bonds. The summed E-state index contributed by atoms with van der Waals surface area (Å²) in [5.74, 6) is -0.0350. The first-order chi connectivity index (χ1) is 7.19. The predicted octanol–water partition coefficient (Wildman–Crippen LogP) is 0.910. The Morgan fingerprint density at radius 1 is 1.67 bits per heavy atom. The first-order valence-electron chi connectivity index (χ1n) is 5.86. The van der Waals surface area contributed by atoms with E-state index in [0.29, 0.717) is 18.9 Å². The molecule has 4 heteroatoms. The van der Waals surface area contributed by atoms with Gasteiger partial charge in [0.2, 0.25) is 0 Å². The second-order valence-electron chi connectivity index (χ2n) is 4.37. The number of rotatable bonds is 6. The zero-order valence-corrected chi connectivity index (χ0v) is 9.48. The Bertz CT molecular complexity index is 209. The van der Waals surface area contributed by atoms with Crippen LogP contribution in [-0.4, -0.2) is 41.7 Å². The third-order valence-corrected chi connectivity index (χ3v) is 3.18. The van der Waals surface area contributed by atoms with Gasteiger partial charge >= 0.3 is 5.97 Å². The minimum Gasteiger partial charge on any atom is -0.480 e. The molecule has 2 atom stereocenters. The molecule has 1 fully saturated rings. The topological polar surface area (TPSA) is 66.6 Å². The molecule has 0 saturated carbocycles. The van der Waals surface area contributed by atoms with Crippen molar-refractivity contribution in [1.29, 1.82) is 0 Å². The van der Waals surface area contributed by atoms with Gasteiger partial charge in [-0.15, -0.1) is 0 Å². The fourth-order valence-corrected chi connectivity index (χ4v) is 2.41. The number of nitrogens with zero attached hydrogens (tertiary/aromatic N) is 1. The summed E-state index contributed by atoms with van der Waals surface area (Å²) in [7, 11) is 0. The Morgan fingerprint density at radius 2 is 2.40 bits per heavy atom. The van der Waals surface area contributed by atoms with E-state index in [1.807, 2.05) is 0 Å². The maximum atomic E-state index is 11.0. The summed E-state index contributed by atoms with van der Waals surface area (Å²) in [5, 5.41) is 9.08. The van der Waals surface area contributed by atoms with Gasteiger partial charge in [0.15, 0.2) is 0 Å². The summed E-state index contributed by atoms with van der Waals surface area (Å²) in [6.45, 7) is 4.48. The first-order valence-corrected chi connectivity index (χ1v) is 5.86. The highest BCUT2D eigenvalue weighted by Crippen LogP contribution is 2.23. The highest BCUT2D eigenvalue weighted by atomic mass is 16.4. The van der Waals surface area contributed by atoms with Gasteiger partial charge in [-0.1, -0.05) is 13.3 Å². The van der Waals surface area contributed by atoms with Crippen LogP contribution in [0.3, 0.4) is 0 Å². The van der Waals surface area contributed by atoms with E-state index in [9.17, 15) is 4.79 Å². The first kappa shape index (κ1) is 12.5. The second-order valence-corrected chi connectivity index (χ2v) is 4.37. The Hall–Kier alpha value is -0.610. The second kappa shape index (κ2) is 6.08. The number of aliphatic carboxylic acids is 1. The van der Waals surface area contributed by atoms with Gasteiger partial charge < -0.3 is 10.8 Å². The van der Waals surface area contributed by atoms with E-state index in [-0.39, 0.29) is 6.04 Å². The molecular formula is C11H22N2O2. The molecule has 1 heterocycles. The van der Waals surface area contributed by atoms with Crippen LogP contribution in [0.15, 0.2) is 0 Å². The molecule has 1 aliphatic heterocycles. The predicted molar refractivity (Wildman–Crippen MR) is 59.7 cm³/mol. The minimum absolute atomic E-state index is 0.364. The van der Waals surface area contributed by atoms with Crippen LogP contribution in [0.25, 0.3) is 0 Å². The summed E-state index contributed by atoms with van der Waals surface area (Å²) in [6.07, 6.45) is 4.11. The molecule has 15 heavy (non-hydrogen) atoms. The van der Waals surface area contributed by atoms with Crippen molar-refractivity contribution in [1.82, 2.24) is 4.90 Å². The standard InChI is InChI=1S/C11H22N2O2/c1-2-3-9-5-7-13(8-9)10(4-6-12)11(14)15/h9-10H,2-8,12H2,1H3,(H,14,15). The molecule has 1 rings (SSSR count). The largest absolute Gasteiger partial charge is 0.480 e. The van der Waals surface area contributed by atoms with Gasteiger partial charge in [0.05, 0.1) is 0 Å². The normalized spacial score (nSPS) is 24.3. The Kier molecular flexibility index (Phi) is 5.05. The molecule has 0 spiro atoms. The smallest absolute Gasteiger partial charge is 0.320 e. The summed E-state index contributed by atoms with van der Waals surface area (Å²) in [4.78, 5) is 13.1. The maximum Gasteiger partial charge on any atom is 0.320 e. The molecule has 0 aromatic carbocycles. The maximum absolute atomic E-state index is 11.0. The van der Waals surface area contributed by atoms with E-state index in [1.54, 1.807) is 0 Å². The zero-order valence-electron chi connectivity index (χ0n) is 9.48. The summed E-state index contributed by atoms with van der Waals surface area (Å²) >= 11 is 0. The zero-order chi connectivity index (χ0) is 11.3. The van der Waals surface area contributed by atoms with Crippen molar-refractivity contribution in [3.63, 3.8) is 0 Å². The number of likely N-dealkylation sites (tertiary alicyclic amines) is 1. The van der Waals surface area contributed by atoms with E-state index in [4.69, 9.17) is 10.8 Å². The van der Waals surface area contributed by atoms with Crippen LogP contribution in [0.4, 0.5) is 0 Å². The number of nitrogens with two attached hydrogens (primary N) is 1. The van der Waals surface area contributed by atoms with Crippen LogP contribution in [0.5, 0.6) is 0 Å². The van der Waals surface area contributed by atoms with Crippen molar-refractivity contribution in [3.8, 4) is 0 Å². The molecule has 0 aromatic heterocycles. The SMILES string of the molecule is CCCC1CCN(C(CCN)C(=O)O)C1. The lowest BCUT2D eigenvalue weighted by Gasteiger charge is -2.23. The van der Waals surface area contributed by atoms with Crippen LogP contribution in [0.2, 0.25) is 0 Å². The fraction of sp³-hybridized carbons (Fsp3) is 0.909. The van der Waals surface area contributed by atoms with Crippen molar-refractivity contribution in [3.05, 3.63) is 0 Å². The summed E-state index contributed by atoms with van der Waals surface area (Å²) in [6, 6.07) is -0.364. The van der Waals surface area contributed by atoms with Gasteiger partial charge in [0, 0.05) is 6.54 Å². The van der Waals surface area contributed by atoms with Gasteiger partial charge in [0.25, 0.3) is 0 Å². The van der Waals surface area contributed by atoms with Gasteiger partial charge in [-0.3, -0.25) is 9.69 Å². The molecule has 0 bridgehead atoms. The molecule has 4 nitrogen and oxygen atoms in total. The lowest BCUT2D eigenvalue weighted by molar-refractivity contribution is -0.143. The van der Waals surface area contributed by atoms with Crippen molar-refractivity contribution in [2.45, 2.75) is 38.6 Å². The van der Waals surface area contributed by atoms with Crippen LogP contribution >= 0.6 is 0 Å². The van der Waals surface area contributed by atoms with Crippen molar-refractivity contribution < 1.29 is 9.90 Å². The van der Waals surface area contributed by atoms with Crippen LogP contribution < -0.4 is 5.73 Å². The number of carboxylic acids is 1. The number of hydrogen-bond donors (Lipinski definition) is 2. The quantitative estimate of drug-likeness (QED) is 0.689. The average Bonchev–Trinajstić information content (AvgIpc) is 2.62. The van der Waals surface area contributed by atoms with E-state index >= 15 is 0 Å². The lowest BCUT2D eigenvalue weighted by Crippen LogP contribution is -2.41. The highest BCUT2D eigenvalue weighted by molar-refractivity contribution is 5.73. The molecule has 0 aliphatic carbocycles. The van der Waals surface area contributed by atoms with Crippen molar-refractivity contribution in [2.24, 2.45) is 11.7 Å². The highest BCUT2D eigenvalue weighted by Gasteiger charge is 2.31. The van der Waals surface area contributed by atoms with Crippen molar-refractivity contribution >= 4 is 5.97 Å². The Morgan fingerprint density at radius 3 is 2.93 bits per heavy atom. The van der Waals surface area contributed by atoms with E-state index in [2.05, 4.69) is 11.8 Å². The molecule has 88 valence electrons. The van der Waals surface area contributed by atoms with Crippen LogP contribution in [0.1, 0.15) is 32.6 Å². The average molecular weight is 214 g/mol. The summed E-state index contributed by atoms with van der Waals surface area (Å²) < 4.78 is 0. The molecule has 2 unspecified atom stereocenters. The molecule has 0 aromatic rings. The Labute approximate surface area is 91.4 Å². The number of carbonyl (C=O) groups is 1. The summed E-state index contributed by atoms with van der Waals surface area (Å²) in [5.41, 5.74) is 5.44. The van der Waals surface area contributed by atoms with Crippen molar-refractivity contribution in [2.75, 3.05) is 19.6 Å². The molecular weight excluding hydrogens is 192 g/mol. The van der Waals surface area contributed by atoms with Crippen LogP contribution in [-0.2, 0) is 4.79 Å². The molecule has 1 saturated heterocycles. The van der Waals surface area contributed by atoms with E-state index in [1.165, 1.54) is 12.8 Å². The van der Waals surface area contributed by atoms with Crippen LogP contribution in [0, 0.1) is 5.92 Å². The minimum atomic E-state index is -0.724. The number of hydrogen-bond acceptors (Lipinski definition) is 3. The third kappa shape index (κ3) is 3.47. The van der Waals surface area contributed by atoms with E-state index < -0.39 is 5.97 Å². The number of carboxylic acid groups (broad SMARTS) is 1. The van der Waals surface area contributed by atoms with E-state index in [0.717, 1.165) is 19.5 Å². The van der Waals surface area contributed by atoms with Gasteiger partial charge in [-0.2, -0.15) is 0 Å². The molecule has 1 aliphatic rings. The Balaban J connectivity index is 2.45. The molecule has 3 N–H and O–H groups in total. The lowest BCUT2D eigenvalue weighted by atomic mass is 10.0. The third-order valence-electron chi connectivity index (χ3n) is 3.18.